The number of anilines is 1. The Kier molecular flexibility index (Phi) is 2.90. The van der Waals surface area contributed by atoms with E-state index in [-0.39, 0.29) is 0 Å². The molecule has 0 fully saturated rings. The fraction of sp³-hybridized carbons (Fsp3) is 0.333. The first-order valence-corrected chi connectivity index (χ1v) is 5.31. The fourth-order valence-corrected chi connectivity index (χ4v) is 1.49. The summed E-state index contributed by atoms with van der Waals surface area (Å²) in [4.78, 5) is 4.24. The molecule has 0 aliphatic heterocycles. The molecule has 16 heavy (non-hydrogen) atoms. The van der Waals surface area contributed by atoms with Gasteiger partial charge in [-0.3, -0.25) is 9.67 Å². The maximum atomic E-state index is 4.24. The van der Waals surface area contributed by atoms with Crippen molar-refractivity contribution >= 4 is 5.69 Å². The largest absolute Gasteiger partial charge is 0.380 e. The highest BCUT2D eigenvalue weighted by molar-refractivity contribution is 5.41. The summed E-state index contributed by atoms with van der Waals surface area (Å²) >= 11 is 0. The Bertz CT molecular complexity index is 470. The second-order valence-corrected chi connectivity index (χ2v) is 3.92. The highest BCUT2D eigenvalue weighted by Gasteiger charge is 2.02. The highest BCUT2D eigenvalue weighted by atomic mass is 15.3. The van der Waals surface area contributed by atoms with Crippen LogP contribution >= 0.6 is 0 Å². The van der Waals surface area contributed by atoms with Crippen LogP contribution in [0.15, 0.2) is 24.5 Å². The predicted molar refractivity (Wildman–Crippen MR) is 64.2 cm³/mol. The van der Waals surface area contributed by atoms with E-state index >= 15 is 0 Å². The van der Waals surface area contributed by atoms with Crippen LogP contribution in [0.4, 0.5) is 5.69 Å². The first-order valence-electron chi connectivity index (χ1n) is 5.31. The normalized spacial score (nSPS) is 10.4. The Morgan fingerprint density at radius 1 is 1.25 bits per heavy atom. The van der Waals surface area contributed by atoms with Crippen molar-refractivity contribution in [2.45, 2.75) is 20.4 Å². The number of hydrogen-bond acceptors (Lipinski definition) is 3. The Balaban J connectivity index is 2.02. The lowest BCUT2D eigenvalue weighted by atomic mass is 10.2. The average Bonchev–Trinajstić information content (AvgIpc) is 2.60. The molecular weight excluding hydrogens is 200 g/mol. The number of aryl methyl sites for hydroxylation is 2. The molecule has 4 nitrogen and oxygen atoms in total. The van der Waals surface area contributed by atoms with E-state index < -0.39 is 0 Å². The number of hydrogen-bond donors (Lipinski definition) is 1. The fourth-order valence-electron chi connectivity index (χ4n) is 1.49. The van der Waals surface area contributed by atoms with Crippen LogP contribution in [0.2, 0.25) is 0 Å². The Hall–Kier alpha value is -1.84. The first-order chi connectivity index (χ1) is 7.66. The van der Waals surface area contributed by atoms with E-state index in [9.17, 15) is 0 Å². The summed E-state index contributed by atoms with van der Waals surface area (Å²) in [7, 11) is 1.95. The van der Waals surface area contributed by atoms with E-state index in [2.05, 4.69) is 22.3 Å². The molecule has 0 unspecified atom stereocenters. The van der Waals surface area contributed by atoms with Crippen LogP contribution in [0, 0.1) is 13.8 Å². The minimum absolute atomic E-state index is 0.782. The van der Waals surface area contributed by atoms with Gasteiger partial charge in [0, 0.05) is 30.5 Å². The van der Waals surface area contributed by atoms with Gasteiger partial charge in [0.25, 0.3) is 0 Å². The molecular formula is C12H16N4. The van der Waals surface area contributed by atoms with Crippen molar-refractivity contribution in [1.29, 1.82) is 0 Å². The quantitative estimate of drug-likeness (QED) is 0.853. The predicted octanol–water partition coefficient (Wildman–Crippen LogP) is 2.04. The average molecular weight is 216 g/mol. The summed E-state index contributed by atoms with van der Waals surface area (Å²) in [5.74, 6) is 0. The smallest absolute Gasteiger partial charge is 0.0542 e. The SMILES string of the molecule is Cc1ccc(NCc2cnn(C)c2C)cn1. The van der Waals surface area contributed by atoms with Crippen LogP contribution in [0.3, 0.4) is 0 Å². The molecule has 0 aromatic carbocycles. The molecule has 0 spiro atoms. The highest BCUT2D eigenvalue weighted by Crippen LogP contribution is 2.10. The van der Waals surface area contributed by atoms with Crippen molar-refractivity contribution in [1.82, 2.24) is 14.8 Å². The molecule has 84 valence electrons. The molecule has 1 N–H and O–H groups in total. The van der Waals surface area contributed by atoms with Gasteiger partial charge in [-0.05, 0) is 26.0 Å². The van der Waals surface area contributed by atoms with Crippen molar-refractivity contribution in [2.75, 3.05) is 5.32 Å². The van der Waals surface area contributed by atoms with E-state index in [4.69, 9.17) is 0 Å². The van der Waals surface area contributed by atoms with Crippen LogP contribution in [-0.4, -0.2) is 14.8 Å². The maximum absolute atomic E-state index is 4.24. The third kappa shape index (κ3) is 2.21. The molecule has 2 heterocycles. The van der Waals surface area contributed by atoms with Crippen molar-refractivity contribution in [3.63, 3.8) is 0 Å². The summed E-state index contributed by atoms with van der Waals surface area (Å²) in [6, 6.07) is 4.03. The van der Waals surface area contributed by atoms with Gasteiger partial charge in [-0.25, -0.2) is 0 Å². The van der Waals surface area contributed by atoms with Crippen molar-refractivity contribution in [3.8, 4) is 0 Å². The summed E-state index contributed by atoms with van der Waals surface area (Å²) < 4.78 is 1.88. The standard InChI is InChI=1S/C12H16N4/c1-9-4-5-12(8-13-9)14-6-11-7-15-16(3)10(11)2/h4-5,7-8,14H,6H2,1-3H3. The zero-order chi connectivity index (χ0) is 11.5. The van der Waals surface area contributed by atoms with E-state index in [0.29, 0.717) is 0 Å². The van der Waals surface area contributed by atoms with E-state index in [0.717, 1.165) is 17.9 Å². The van der Waals surface area contributed by atoms with Crippen LogP contribution in [0.25, 0.3) is 0 Å². The van der Waals surface area contributed by atoms with Crippen LogP contribution in [-0.2, 0) is 13.6 Å². The molecule has 2 aromatic heterocycles. The lowest BCUT2D eigenvalue weighted by molar-refractivity contribution is 0.738. The van der Waals surface area contributed by atoms with E-state index in [1.165, 1.54) is 11.3 Å². The van der Waals surface area contributed by atoms with Gasteiger partial charge in [0.15, 0.2) is 0 Å². The zero-order valence-electron chi connectivity index (χ0n) is 9.86. The van der Waals surface area contributed by atoms with E-state index in [1.807, 2.05) is 43.2 Å². The van der Waals surface area contributed by atoms with Gasteiger partial charge < -0.3 is 5.32 Å². The molecule has 0 saturated carbocycles. The van der Waals surface area contributed by atoms with Crippen molar-refractivity contribution < 1.29 is 0 Å². The Morgan fingerprint density at radius 2 is 2.06 bits per heavy atom. The number of aromatic nitrogens is 3. The first kappa shape index (κ1) is 10.7. The molecule has 0 atom stereocenters. The summed E-state index contributed by atoms with van der Waals surface area (Å²) in [5, 5.41) is 7.53. The molecule has 0 amide bonds. The Labute approximate surface area is 95.3 Å². The Morgan fingerprint density at radius 3 is 2.62 bits per heavy atom. The number of nitrogens with one attached hydrogen (secondary N) is 1. The minimum Gasteiger partial charge on any atom is -0.380 e. The van der Waals surface area contributed by atoms with Crippen molar-refractivity contribution in [3.05, 3.63) is 41.5 Å². The van der Waals surface area contributed by atoms with Gasteiger partial charge in [0.1, 0.15) is 0 Å². The number of pyridine rings is 1. The lowest BCUT2D eigenvalue weighted by Gasteiger charge is -2.05. The van der Waals surface area contributed by atoms with Crippen LogP contribution < -0.4 is 5.32 Å². The van der Waals surface area contributed by atoms with Crippen LogP contribution in [0.1, 0.15) is 17.0 Å². The molecule has 0 aliphatic carbocycles. The summed E-state index contributed by atoms with van der Waals surface area (Å²) in [6.07, 6.45) is 3.74. The molecule has 2 aromatic rings. The molecule has 0 aliphatic rings. The second kappa shape index (κ2) is 4.35. The molecule has 0 bridgehead atoms. The number of nitrogens with zero attached hydrogens (tertiary/aromatic N) is 3. The third-order valence-corrected chi connectivity index (χ3v) is 2.73. The molecule has 0 radical (unpaired) electrons. The second-order valence-electron chi connectivity index (χ2n) is 3.92. The molecule has 4 heteroatoms. The minimum atomic E-state index is 0.782. The van der Waals surface area contributed by atoms with Gasteiger partial charge in [0.2, 0.25) is 0 Å². The van der Waals surface area contributed by atoms with Gasteiger partial charge in [-0.2, -0.15) is 5.10 Å². The topological polar surface area (TPSA) is 42.7 Å². The molecule has 0 saturated heterocycles. The van der Waals surface area contributed by atoms with Gasteiger partial charge in [0.05, 0.1) is 18.1 Å². The van der Waals surface area contributed by atoms with Gasteiger partial charge in [-0.15, -0.1) is 0 Å². The third-order valence-electron chi connectivity index (χ3n) is 2.73. The van der Waals surface area contributed by atoms with E-state index in [1.54, 1.807) is 0 Å². The lowest BCUT2D eigenvalue weighted by Crippen LogP contribution is -2.01. The van der Waals surface area contributed by atoms with Gasteiger partial charge in [-0.1, -0.05) is 0 Å². The summed E-state index contributed by atoms with van der Waals surface area (Å²) in [5.41, 5.74) is 4.47. The molecule has 2 rings (SSSR count). The monoisotopic (exact) mass is 216 g/mol. The summed E-state index contributed by atoms with van der Waals surface area (Å²) in [6.45, 7) is 4.83. The zero-order valence-corrected chi connectivity index (χ0v) is 9.86. The van der Waals surface area contributed by atoms with Crippen LogP contribution in [0.5, 0.6) is 0 Å². The van der Waals surface area contributed by atoms with Gasteiger partial charge >= 0.3 is 0 Å². The maximum Gasteiger partial charge on any atom is 0.0542 e. The van der Waals surface area contributed by atoms with Crippen molar-refractivity contribution in [2.24, 2.45) is 7.05 Å². The number of rotatable bonds is 3.